The van der Waals surface area contributed by atoms with Crippen molar-refractivity contribution in [3.63, 3.8) is 0 Å². The minimum atomic E-state index is -0.742. The number of para-hydroxylation sites is 1. The van der Waals surface area contributed by atoms with Crippen LogP contribution < -0.4 is 4.74 Å². The van der Waals surface area contributed by atoms with Gasteiger partial charge in [0.1, 0.15) is 5.75 Å². The molecule has 0 spiro atoms. The molecule has 3 rings (SSSR count). The maximum atomic E-state index is 10.6. The zero-order valence-corrected chi connectivity index (χ0v) is 18.5. The summed E-state index contributed by atoms with van der Waals surface area (Å²) in [5.74, 6) is 0.161. The number of carboxylic acid groups (broad SMARTS) is 1. The first kappa shape index (κ1) is 23.3. The molecule has 1 aliphatic heterocycles. The molecule has 6 heteroatoms. The average Bonchev–Trinajstić information content (AvgIpc) is 2.78. The Morgan fingerprint density at radius 1 is 1.13 bits per heavy atom. The summed E-state index contributed by atoms with van der Waals surface area (Å²) in [4.78, 5) is 10.6. The number of carboxylic acids is 1. The lowest BCUT2D eigenvalue weighted by atomic mass is 9.91. The first-order valence-corrected chi connectivity index (χ1v) is 11.0. The number of hydrogen-bond acceptors (Lipinski definition) is 4. The Kier molecular flexibility index (Phi) is 8.95. The smallest absolute Gasteiger partial charge is 0.303 e. The molecule has 31 heavy (non-hydrogen) atoms. The highest BCUT2D eigenvalue weighted by molar-refractivity contribution is 6.31. The van der Waals surface area contributed by atoms with E-state index in [4.69, 9.17) is 30.9 Å². The molecule has 1 fully saturated rings. The molecule has 0 saturated carbocycles. The maximum Gasteiger partial charge on any atom is 0.303 e. The van der Waals surface area contributed by atoms with Gasteiger partial charge >= 0.3 is 5.97 Å². The van der Waals surface area contributed by atoms with E-state index in [1.165, 1.54) is 0 Å². The second-order valence-corrected chi connectivity index (χ2v) is 8.00. The molecule has 3 atom stereocenters. The standard InChI is InChI=1S/C25H29ClO5/c1-29-22-15-10-8-13-20(22)24-18(11-5-3-2-4-6-16-23(27)28)17-30-25(31-24)19-12-7-9-14-21(19)26/h3,5,7-10,12-15,18,24-25H,2,4,6,11,16-17H2,1H3,(H,27,28). The number of aliphatic carboxylic acids is 1. The van der Waals surface area contributed by atoms with Gasteiger partial charge in [-0.15, -0.1) is 0 Å². The van der Waals surface area contributed by atoms with Crippen LogP contribution >= 0.6 is 11.6 Å². The molecule has 5 nitrogen and oxygen atoms in total. The van der Waals surface area contributed by atoms with Crippen molar-refractivity contribution in [3.05, 3.63) is 76.8 Å². The Balaban J connectivity index is 1.71. The van der Waals surface area contributed by atoms with E-state index in [0.717, 1.165) is 36.1 Å². The molecule has 0 amide bonds. The van der Waals surface area contributed by atoms with Crippen molar-refractivity contribution >= 4 is 17.6 Å². The minimum absolute atomic E-state index is 0.116. The third-order valence-corrected chi connectivity index (χ3v) is 5.73. The first-order chi connectivity index (χ1) is 15.1. The van der Waals surface area contributed by atoms with Crippen LogP contribution in [-0.4, -0.2) is 24.8 Å². The van der Waals surface area contributed by atoms with Crippen molar-refractivity contribution < 1.29 is 24.1 Å². The van der Waals surface area contributed by atoms with Crippen LogP contribution in [0.4, 0.5) is 0 Å². The normalized spacial score (nSPS) is 21.3. The summed E-state index contributed by atoms with van der Waals surface area (Å²) in [7, 11) is 1.66. The van der Waals surface area contributed by atoms with Gasteiger partial charge in [0.2, 0.25) is 0 Å². The fourth-order valence-electron chi connectivity index (χ4n) is 3.76. The molecule has 0 aliphatic carbocycles. The van der Waals surface area contributed by atoms with Gasteiger partial charge in [-0.2, -0.15) is 0 Å². The molecule has 166 valence electrons. The summed E-state index contributed by atoms with van der Waals surface area (Å²) < 4.78 is 18.1. The van der Waals surface area contributed by atoms with E-state index in [9.17, 15) is 4.79 Å². The quantitative estimate of drug-likeness (QED) is 0.342. The Bertz CT molecular complexity index is 882. The number of unbranched alkanes of at least 4 members (excludes halogenated alkanes) is 2. The fraction of sp³-hybridized carbons (Fsp3) is 0.400. The number of methoxy groups -OCH3 is 1. The topological polar surface area (TPSA) is 65.0 Å². The molecule has 1 N–H and O–H groups in total. The van der Waals surface area contributed by atoms with E-state index >= 15 is 0 Å². The van der Waals surface area contributed by atoms with Crippen molar-refractivity contribution in [2.75, 3.05) is 13.7 Å². The van der Waals surface area contributed by atoms with Gasteiger partial charge < -0.3 is 19.3 Å². The van der Waals surface area contributed by atoms with Crippen LogP contribution in [0.3, 0.4) is 0 Å². The highest BCUT2D eigenvalue weighted by atomic mass is 35.5. The summed E-state index contributed by atoms with van der Waals surface area (Å²) in [6.07, 6.45) is 6.93. The van der Waals surface area contributed by atoms with Gasteiger partial charge in [-0.1, -0.05) is 60.2 Å². The monoisotopic (exact) mass is 444 g/mol. The van der Waals surface area contributed by atoms with Gasteiger partial charge in [0.25, 0.3) is 0 Å². The van der Waals surface area contributed by atoms with Gasteiger partial charge in [0, 0.05) is 28.5 Å². The summed E-state index contributed by atoms with van der Waals surface area (Å²) in [6.45, 7) is 0.530. The second-order valence-electron chi connectivity index (χ2n) is 7.59. The van der Waals surface area contributed by atoms with Crippen molar-refractivity contribution in [3.8, 4) is 5.75 Å². The van der Waals surface area contributed by atoms with Gasteiger partial charge in [-0.05, 0) is 37.8 Å². The minimum Gasteiger partial charge on any atom is -0.496 e. The molecule has 0 aromatic heterocycles. The Labute approximate surface area is 188 Å². The van der Waals surface area contributed by atoms with Crippen LogP contribution in [0.25, 0.3) is 0 Å². The number of ether oxygens (including phenoxy) is 3. The van der Waals surface area contributed by atoms with E-state index in [1.54, 1.807) is 7.11 Å². The van der Waals surface area contributed by atoms with Crippen LogP contribution in [0, 0.1) is 5.92 Å². The van der Waals surface area contributed by atoms with Crippen LogP contribution in [0.15, 0.2) is 60.7 Å². The summed E-state index contributed by atoms with van der Waals surface area (Å²) in [5, 5.41) is 9.34. The van der Waals surface area contributed by atoms with E-state index in [2.05, 4.69) is 12.2 Å². The molecule has 0 bridgehead atoms. The van der Waals surface area contributed by atoms with Crippen molar-refractivity contribution in [2.24, 2.45) is 5.92 Å². The van der Waals surface area contributed by atoms with Gasteiger partial charge in [-0.3, -0.25) is 4.79 Å². The Morgan fingerprint density at radius 3 is 2.61 bits per heavy atom. The van der Waals surface area contributed by atoms with Gasteiger partial charge in [-0.25, -0.2) is 0 Å². The molecule has 3 unspecified atom stereocenters. The van der Waals surface area contributed by atoms with E-state index < -0.39 is 12.3 Å². The molecule has 2 aromatic rings. The molecular weight excluding hydrogens is 416 g/mol. The summed E-state index contributed by atoms with van der Waals surface area (Å²) in [5.41, 5.74) is 1.81. The van der Waals surface area contributed by atoms with E-state index in [-0.39, 0.29) is 18.4 Å². The van der Waals surface area contributed by atoms with Crippen LogP contribution in [0.2, 0.25) is 5.02 Å². The zero-order chi connectivity index (χ0) is 22.1. The van der Waals surface area contributed by atoms with Crippen LogP contribution in [0.1, 0.15) is 55.6 Å². The van der Waals surface area contributed by atoms with Crippen molar-refractivity contribution in [1.29, 1.82) is 0 Å². The number of benzene rings is 2. The third kappa shape index (κ3) is 6.57. The molecule has 1 saturated heterocycles. The Morgan fingerprint density at radius 2 is 1.87 bits per heavy atom. The fourth-order valence-corrected chi connectivity index (χ4v) is 3.98. The number of hydrogen-bond donors (Lipinski definition) is 1. The highest BCUT2D eigenvalue weighted by Crippen LogP contribution is 2.43. The van der Waals surface area contributed by atoms with Gasteiger partial charge in [0.05, 0.1) is 19.8 Å². The third-order valence-electron chi connectivity index (χ3n) is 5.38. The van der Waals surface area contributed by atoms with Crippen molar-refractivity contribution in [1.82, 2.24) is 0 Å². The molecular formula is C25H29ClO5. The lowest BCUT2D eigenvalue weighted by molar-refractivity contribution is -0.244. The van der Waals surface area contributed by atoms with Crippen LogP contribution in [0.5, 0.6) is 5.75 Å². The first-order valence-electron chi connectivity index (χ1n) is 10.6. The molecule has 1 heterocycles. The molecule has 2 aromatic carbocycles. The number of allylic oxidation sites excluding steroid dienone is 2. The van der Waals surface area contributed by atoms with E-state index in [1.807, 2.05) is 48.5 Å². The largest absolute Gasteiger partial charge is 0.496 e. The summed E-state index contributed by atoms with van der Waals surface area (Å²) in [6, 6.07) is 15.5. The SMILES string of the molecule is COc1ccccc1C1OC(c2ccccc2Cl)OCC1CC=CCCCCC(=O)O. The van der Waals surface area contributed by atoms with Crippen molar-refractivity contribution in [2.45, 2.75) is 44.5 Å². The number of halogens is 1. The summed E-state index contributed by atoms with van der Waals surface area (Å²) >= 11 is 6.38. The molecule has 0 radical (unpaired) electrons. The number of carbonyl (C=O) groups is 1. The highest BCUT2D eigenvalue weighted by Gasteiger charge is 2.35. The predicted octanol–water partition coefficient (Wildman–Crippen LogP) is 6.34. The zero-order valence-electron chi connectivity index (χ0n) is 17.7. The van der Waals surface area contributed by atoms with Crippen LogP contribution in [-0.2, 0) is 14.3 Å². The predicted molar refractivity (Wildman–Crippen MR) is 120 cm³/mol. The maximum absolute atomic E-state index is 10.6. The Hall–Kier alpha value is -2.34. The van der Waals surface area contributed by atoms with E-state index in [0.29, 0.717) is 18.1 Å². The lowest BCUT2D eigenvalue weighted by Crippen LogP contribution is -2.30. The second kappa shape index (κ2) is 11.9. The lowest BCUT2D eigenvalue weighted by Gasteiger charge is -2.37. The average molecular weight is 445 g/mol. The van der Waals surface area contributed by atoms with Gasteiger partial charge in [0.15, 0.2) is 6.29 Å². The molecule has 1 aliphatic rings. The number of rotatable bonds is 10.